The maximum absolute atomic E-state index is 12.3. The second-order valence-electron chi connectivity index (χ2n) is 6.15. The molecule has 120 valence electrons. The summed E-state index contributed by atoms with van der Waals surface area (Å²) in [5.74, 6) is 0.231. The largest absolute Gasteiger partial charge is 0.399 e. The van der Waals surface area contributed by atoms with Gasteiger partial charge in [0.15, 0.2) is 0 Å². The Bertz CT molecular complexity index is 523. The number of nitrogens with two attached hydrogens (primary N) is 1. The molecule has 1 aromatic rings. The van der Waals surface area contributed by atoms with Crippen molar-refractivity contribution >= 4 is 11.6 Å². The van der Waals surface area contributed by atoms with E-state index in [2.05, 4.69) is 9.88 Å². The number of rotatable bonds is 3. The molecule has 22 heavy (non-hydrogen) atoms. The number of carbonyl (C=O) groups excluding carboxylic acids is 1. The normalized spacial score (nSPS) is 23.0. The maximum Gasteiger partial charge on any atom is 0.236 e. The van der Waals surface area contributed by atoms with Crippen LogP contribution in [0, 0.1) is 6.92 Å². The molecular weight excluding hydrogens is 280 g/mol. The predicted molar refractivity (Wildman–Crippen MR) is 84.3 cm³/mol. The van der Waals surface area contributed by atoms with Gasteiger partial charge in [0.05, 0.1) is 18.8 Å². The van der Waals surface area contributed by atoms with Crippen molar-refractivity contribution in [2.75, 3.05) is 45.1 Å². The molecule has 0 bridgehead atoms. The van der Waals surface area contributed by atoms with Gasteiger partial charge in [-0.05, 0) is 31.9 Å². The third-order valence-corrected chi connectivity index (χ3v) is 4.29. The zero-order chi connectivity index (χ0) is 15.5. The maximum atomic E-state index is 12.3. The minimum absolute atomic E-state index is 0.109. The molecule has 0 aromatic carbocycles. The van der Waals surface area contributed by atoms with Gasteiger partial charge in [0.1, 0.15) is 6.10 Å². The van der Waals surface area contributed by atoms with Crippen molar-refractivity contribution in [3.8, 4) is 0 Å². The molecule has 6 heteroatoms. The smallest absolute Gasteiger partial charge is 0.236 e. The lowest BCUT2D eigenvalue weighted by Gasteiger charge is -2.33. The molecule has 3 heterocycles. The molecule has 0 aliphatic carbocycles. The van der Waals surface area contributed by atoms with Crippen molar-refractivity contribution in [1.82, 2.24) is 14.8 Å². The lowest BCUT2D eigenvalue weighted by Crippen LogP contribution is -2.45. The molecule has 2 aliphatic heterocycles. The van der Waals surface area contributed by atoms with Crippen molar-refractivity contribution in [2.24, 2.45) is 0 Å². The SMILES string of the molecule is Cc1cc(N)cc([C@H]2CN(CC(=O)N3CCCC3)CCO2)n1. The van der Waals surface area contributed by atoms with Gasteiger partial charge in [0, 0.05) is 37.6 Å². The predicted octanol–water partition coefficient (Wildman–Crippen LogP) is 0.968. The standard InChI is InChI=1S/C16H24N4O2/c1-12-8-13(17)9-14(18-12)15-10-19(6-7-22-15)11-16(21)20-4-2-3-5-20/h8-9,15H,2-7,10-11H2,1H3,(H2,17,18)/t15-/m1/s1. The number of anilines is 1. The fourth-order valence-electron chi connectivity index (χ4n) is 3.17. The van der Waals surface area contributed by atoms with Crippen LogP contribution in [0.15, 0.2) is 12.1 Å². The number of carbonyl (C=O) groups is 1. The van der Waals surface area contributed by atoms with Crippen LogP contribution in [0.4, 0.5) is 5.69 Å². The number of pyridine rings is 1. The number of aromatic nitrogens is 1. The zero-order valence-electron chi connectivity index (χ0n) is 13.1. The van der Waals surface area contributed by atoms with Crippen molar-refractivity contribution in [3.63, 3.8) is 0 Å². The Morgan fingerprint density at radius 1 is 1.36 bits per heavy atom. The summed E-state index contributed by atoms with van der Waals surface area (Å²) < 4.78 is 5.83. The van der Waals surface area contributed by atoms with Crippen LogP contribution in [0.5, 0.6) is 0 Å². The van der Waals surface area contributed by atoms with Gasteiger partial charge in [-0.25, -0.2) is 0 Å². The minimum Gasteiger partial charge on any atom is -0.399 e. The Hall–Kier alpha value is -1.66. The van der Waals surface area contributed by atoms with Crippen LogP contribution in [0.1, 0.15) is 30.3 Å². The van der Waals surface area contributed by atoms with Crippen molar-refractivity contribution < 1.29 is 9.53 Å². The molecule has 0 saturated carbocycles. The van der Waals surface area contributed by atoms with Crippen LogP contribution < -0.4 is 5.73 Å². The highest BCUT2D eigenvalue weighted by molar-refractivity contribution is 5.78. The van der Waals surface area contributed by atoms with E-state index >= 15 is 0 Å². The first kappa shape index (κ1) is 15.2. The molecule has 2 saturated heterocycles. The molecule has 1 atom stereocenters. The summed E-state index contributed by atoms with van der Waals surface area (Å²) in [4.78, 5) is 20.9. The molecule has 0 radical (unpaired) electrons. The summed E-state index contributed by atoms with van der Waals surface area (Å²) in [5.41, 5.74) is 8.35. The molecule has 2 aliphatic rings. The minimum atomic E-state index is -0.109. The van der Waals surface area contributed by atoms with Gasteiger partial charge in [-0.3, -0.25) is 14.7 Å². The molecule has 3 rings (SSSR count). The van der Waals surface area contributed by atoms with E-state index in [9.17, 15) is 4.79 Å². The third kappa shape index (κ3) is 3.56. The Labute approximate surface area is 131 Å². The summed E-state index contributed by atoms with van der Waals surface area (Å²) in [7, 11) is 0. The van der Waals surface area contributed by atoms with Crippen LogP contribution in [-0.2, 0) is 9.53 Å². The third-order valence-electron chi connectivity index (χ3n) is 4.29. The molecule has 0 spiro atoms. The van der Waals surface area contributed by atoms with Gasteiger partial charge < -0.3 is 15.4 Å². The molecule has 2 N–H and O–H groups in total. The zero-order valence-corrected chi connectivity index (χ0v) is 13.1. The summed E-state index contributed by atoms with van der Waals surface area (Å²) in [5, 5.41) is 0. The van der Waals surface area contributed by atoms with E-state index in [-0.39, 0.29) is 12.0 Å². The van der Waals surface area contributed by atoms with Crippen LogP contribution >= 0.6 is 0 Å². The van der Waals surface area contributed by atoms with Gasteiger partial charge in [0.2, 0.25) is 5.91 Å². The number of nitrogen functional groups attached to an aromatic ring is 1. The summed E-state index contributed by atoms with van der Waals surface area (Å²) in [6, 6.07) is 3.71. The van der Waals surface area contributed by atoms with Crippen LogP contribution in [0.3, 0.4) is 0 Å². The fourth-order valence-corrected chi connectivity index (χ4v) is 3.17. The lowest BCUT2D eigenvalue weighted by atomic mass is 10.1. The number of amides is 1. The van der Waals surface area contributed by atoms with Gasteiger partial charge >= 0.3 is 0 Å². The van der Waals surface area contributed by atoms with Gasteiger partial charge in [0.25, 0.3) is 0 Å². The van der Waals surface area contributed by atoms with E-state index in [1.165, 1.54) is 0 Å². The van der Waals surface area contributed by atoms with Crippen molar-refractivity contribution in [3.05, 3.63) is 23.5 Å². The second-order valence-corrected chi connectivity index (χ2v) is 6.15. The van der Waals surface area contributed by atoms with Crippen LogP contribution in [-0.4, -0.2) is 60.0 Å². The Morgan fingerprint density at radius 3 is 2.86 bits per heavy atom. The molecule has 1 amide bonds. The number of ether oxygens (including phenoxy) is 1. The fraction of sp³-hybridized carbons (Fsp3) is 0.625. The van der Waals surface area contributed by atoms with Crippen molar-refractivity contribution in [2.45, 2.75) is 25.9 Å². The quantitative estimate of drug-likeness (QED) is 0.901. The van der Waals surface area contributed by atoms with E-state index in [0.717, 1.165) is 43.9 Å². The monoisotopic (exact) mass is 304 g/mol. The van der Waals surface area contributed by atoms with E-state index in [1.54, 1.807) is 0 Å². The molecule has 1 aromatic heterocycles. The highest BCUT2D eigenvalue weighted by Crippen LogP contribution is 2.23. The highest BCUT2D eigenvalue weighted by atomic mass is 16.5. The summed E-state index contributed by atoms with van der Waals surface area (Å²) >= 11 is 0. The van der Waals surface area contributed by atoms with Crippen LogP contribution in [0.2, 0.25) is 0 Å². The average Bonchev–Trinajstić information content (AvgIpc) is 3.01. The first-order chi connectivity index (χ1) is 10.6. The number of likely N-dealkylation sites (tertiary alicyclic amines) is 1. The Morgan fingerprint density at radius 2 is 2.14 bits per heavy atom. The van der Waals surface area contributed by atoms with Crippen molar-refractivity contribution in [1.29, 1.82) is 0 Å². The lowest BCUT2D eigenvalue weighted by molar-refractivity contribution is -0.133. The van der Waals surface area contributed by atoms with E-state index in [4.69, 9.17) is 10.5 Å². The second kappa shape index (κ2) is 6.62. The number of hydrogen-bond donors (Lipinski definition) is 1. The molecule has 0 unspecified atom stereocenters. The molecule has 6 nitrogen and oxygen atoms in total. The summed E-state index contributed by atoms with van der Waals surface area (Å²) in [6.07, 6.45) is 2.15. The number of hydrogen-bond acceptors (Lipinski definition) is 5. The van der Waals surface area contributed by atoms with Crippen LogP contribution in [0.25, 0.3) is 0 Å². The van der Waals surface area contributed by atoms with E-state index in [1.807, 2.05) is 24.0 Å². The first-order valence-corrected chi connectivity index (χ1v) is 7.97. The Balaban J connectivity index is 1.62. The molecular formula is C16H24N4O2. The van der Waals surface area contributed by atoms with Gasteiger partial charge in [-0.15, -0.1) is 0 Å². The van der Waals surface area contributed by atoms with E-state index < -0.39 is 0 Å². The summed E-state index contributed by atoms with van der Waals surface area (Å²) in [6.45, 7) is 6.31. The first-order valence-electron chi connectivity index (χ1n) is 7.97. The highest BCUT2D eigenvalue weighted by Gasteiger charge is 2.27. The Kier molecular flexibility index (Phi) is 4.59. The van der Waals surface area contributed by atoms with Gasteiger partial charge in [-0.1, -0.05) is 0 Å². The average molecular weight is 304 g/mol. The number of nitrogens with zero attached hydrogens (tertiary/aromatic N) is 3. The number of aryl methyl sites for hydroxylation is 1. The van der Waals surface area contributed by atoms with Gasteiger partial charge in [-0.2, -0.15) is 0 Å². The van der Waals surface area contributed by atoms with E-state index in [0.29, 0.717) is 25.4 Å². The molecule has 2 fully saturated rings. The number of morpholine rings is 1. The topological polar surface area (TPSA) is 71.7 Å².